The normalized spacial score (nSPS) is 19.4. The molecule has 0 bridgehead atoms. The third-order valence-electron chi connectivity index (χ3n) is 6.21. The summed E-state index contributed by atoms with van der Waals surface area (Å²) in [5.74, 6) is 2.14. The highest BCUT2D eigenvalue weighted by atomic mass is 16.5. The van der Waals surface area contributed by atoms with Crippen LogP contribution in [0.2, 0.25) is 0 Å². The molecular weight excluding hydrogens is 380 g/mol. The number of para-hydroxylation sites is 1. The van der Waals surface area contributed by atoms with E-state index in [2.05, 4.69) is 4.98 Å². The van der Waals surface area contributed by atoms with Gasteiger partial charge in [-0.1, -0.05) is 18.2 Å². The second-order valence-corrected chi connectivity index (χ2v) is 8.03. The van der Waals surface area contributed by atoms with Crippen LogP contribution in [0.3, 0.4) is 0 Å². The molecule has 30 heavy (non-hydrogen) atoms. The number of carbonyl (C=O) groups excluding carboxylic acids is 1. The molecule has 0 aliphatic heterocycles. The first kappa shape index (κ1) is 18.7. The van der Waals surface area contributed by atoms with Crippen molar-refractivity contribution in [3.05, 3.63) is 48.0 Å². The van der Waals surface area contributed by atoms with Crippen LogP contribution in [-0.4, -0.2) is 27.4 Å². The van der Waals surface area contributed by atoms with E-state index in [4.69, 9.17) is 19.9 Å². The van der Waals surface area contributed by atoms with Crippen LogP contribution < -0.4 is 5.73 Å². The lowest BCUT2D eigenvalue weighted by Crippen LogP contribution is -2.23. The summed E-state index contributed by atoms with van der Waals surface area (Å²) < 4.78 is 13.1. The van der Waals surface area contributed by atoms with Gasteiger partial charge in [-0.3, -0.25) is 9.20 Å². The Labute approximate surface area is 173 Å². The number of carbonyl (C=O) groups is 1. The van der Waals surface area contributed by atoms with Gasteiger partial charge in [0.15, 0.2) is 5.76 Å². The van der Waals surface area contributed by atoms with Crippen molar-refractivity contribution >= 4 is 28.3 Å². The van der Waals surface area contributed by atoms with Crippen LogP contribution in [0.5, 0.6) is 0 Å². The standard InChI is InChI=1S/C23H24N4O3/c1-13-4-3-5-16-12-17(30-20(13)16)18-19-21(24)25-10-11-27(19)22(26-18)14-6-8-15(9-7-14)23(28)29-2/h3-5,10-12,14-15H,6-9H2,1-2H3,(H2,24,25)/t14-,15-. The van der Waals surface area contributed by atoms with Gasteiger partial charge in [0.25, 0.3) is 0 Å². The Morgan fingerprint density at radius 3 is 2.80 bits per heavy atom. The number of benzene rings is 1. The third kappa shape index (κ3) is 2.93. The van der Waals surface area contributed by atoms with Crippen molar-refractivity contribution in [3.63, 3.8) is 0 Å². The molecule has 1 aromatic carbocycles. The smallest absolute Gasteiger partial charge is 0.308 e. The number of aromatic nitrogens is 3. The maximum atomic E-state index is 11.9. The fourth-order valence-corrected chi connectivity index (χ4v) is 4.63. The largest absolute Gasteiger partial charge is 0.469 e. The van der Waals surface area contributed by atoms with Gasteiger partial charge in [-0.15, -0.1) is 0 Å². The quantitative estimate of drug-likeness (QED) is 0.506. The Morgan fingerprint density at radius 2 is 2.07 bits per heavy atom. The summed E-state index contributed by atoms with van der Waals surface area (Å²) in [6, 6.07) is 8.09. The lowest BCUT2D eigenvalue weighted by atomic mass is 9.81. The maximum absolute atomic E-state index is 11.9. The van der Waals surface area contributed by atoms with E-state index >= 15 is 0 Å². The van der Waals surface area contributed by atoms with Crippen LogP contribution in [0.1, 0.15) is 43.0 Å². The number of hydrogen-bond acceptors (Lipinski definition) is 6. The summed E-state index contributed by atoms with van der Waals surface area (Å²) in [6.45, 7) is 2.03. The van der Waals surface area contributed by atoms with Crippen LogP contribution >= 0.6 is 0 Å². The monoisotopic (exact) mass is 404 g/mol. The van der Waals surface area contributed by atoms with Crippen molar-refractivity contribution in [2.75, 3.05) is 12.8 Å². The highest BCUT2D eigenvalue weighted by Gasteiger charge is 2.31. The molecule has 4 aromatic rings. The Balaban J connectivity index is 1.59. The number of rotatable bonds is 3. The van der Waals surface area contributed by atoms with E-state index in [1.807, 2.05) is 41.8 Å². The Morgan fingerprint density at radius 1 is 1.27 bits per heavy atom. The van der Waals surface area contributed by atoms with Crippen molar-refractivity contribution < 1.29 is 13.9 Å². The molecule has 7 nitrogen and oxygen atoms in total. The molecule has 1 saturated carbocycles. The van der Waals surface area contributed by atoms with Crippen LogP contribution in [0.4, 0.5) is 5.82 Å². The number of hydrogen-bond donors (Lipinski definition) is 1. The molecule has 1 aliphatic rings. The average Bonchev–Trinajstić information content (AvgIpc) is 3.37. The molecule has 0 unspecified atom stereocenters. The van der Waals surface area contributed by atoms with E-state index in [-0.39, 0.29) is 17.8 Å². The van der Waals surface area contributed by atoms with E-state index in [1.165, 1.54) is 7.11 Å². The number of aryl methyl sites for hydroxylation is 1. The number of anilines is 1. The van der Waals surface area contributed by atoms with Crippen molar-refractivity contribution in [1.29, 1.82) is 0 Å². The molecule has 154 valence electrons. The van der Waals surface area contributed by atoms with E-state index in [0.29, 0.717) is 17.3 Å². The Hall–Kier alpha value is -3.35. The highest BCUT2D eigenvalue weighted by Crippen LogP contribution is 2.40. The lowest BCUT2D eigenvalue weighted by molar-refractivity contribution is -0.146. The molecule has 3 aromatic heterocycles. The first-order valence-corrected chi connectivity index (χ1v) is 10.3. The highest BCUT2D eigenvalue weighted by molar-refractivity contribution is 5.90. The van der Waals surface area contributed by atoms with Crippen molar-refractivity contribution in [3.8, 4) is 11.5 Å². The minimum absolute atomic E-state index is 0.0259. The molecule has 3 heterocycles. The number of methoxy groups -OCH3 is 1. The molecule has 7 heteroatoms. The summed E-state index contributed by atoms with van der Waals surface area (Å²) in [4.78, 5) is 21.2. The van der Waals surface area contributed by atoms with Gasteiger partial charge in [-0.25, -0.2) is 9.97 Å². The molecule has 0 amide bonds. The third-order valence-corrected chi connectivity index (χ3v) is 6.21. The van der Waals surface area contributed by atoms with Crippen molar-refractivity contribution in [2.24, 2.45) is 5.92 Å². The second kappa shape index (κ2) is 7.16. The van der Waals surface area contributed by atoms with Gasteiger partial charge in [0.05, 0.1) is 13.0 Å². The van der Waals surface area contributed by atoms with Gasteiger partial charge < -0.3 is 14.9 Å². The number of furan rings is 1. The zero-order chi connectivity index (χ0) is 20.8. The number of nitrogens with two attached hydrogens (primary N) is 1. The van der Waals surface area contributed by atoms with E-state index in [0.717, 1.165) is 53.6 Å². The first-order chi connectivity index (χ1) is 14.6. The minimum atomic E-state index is -0.117. The lowest BCUT2D eigenvalue weighted by Gasteiger charge is -2.26. The minimum Gasteiger partial charge on any atom is -0.469 e. The molecule has 1 fully saturated rings. The van der Waals surface area contributed by atoms with Gasteiger partial charge in [0.1, 0.15) is 28.4 Å². The van der Waals surface area contributed by atoms with Crippen LogP contribution in [-0.2, 0) is 9.53 Å². The van der Waals surface area contributed by atoms with Crippen LogP contribution in [0.15, 0.2) is 41.1 Å². The predicted octanol–water partition coefficient (Wildman–Crippen LogP) is 4.48. The topological polar surface area (TPSA) is 95.6 Å². The van der Waals surface area contributed by atoms with Crippen molar-refractivity contribution in [1.82, 2.24) is 14.4 Å². The molecular formula is C23H24N4O3. The summed E-state index contributed by atoms with van der Waals surface area (Å²) in [5, 5.41) is 1.04. The van der Waals surface area contributed by atoms with Crippen LogP contribution in [0.25, 0.3) is 27.9 Å². The SMILES string of the molecule is COC(=O)[C@H]1CC[C@H](c2nc(-c3cc4cccc(C)c4o3)c3c(N)nccn32)CC1. The first-order valence-electron chi connectivity index (χ1n) is 10.3. The molecule has 0 radical (unpaired) electrons. The molecule has 0 saturated heterocycles. The number of esters is 1. The number of imidazole rings is 1. The molecule has 0 spiro atoms. The second-order valence-electron chi connectivity index (χ2n) is 8.03. The number of nitrogens with zero attached hydrogens (tertiary/aromatic N) is 3. The Kier molecular flexibility index (Phi) is 4.46. The molecule has 5 rings (SSSR count). The fourth-order valence-electron chi connectivity index (χ4n) is 4.63. The van der Waals surface area contributed by atoms with Gasteiger partial charge in [0.2, 0.25) is 0 Å². The predicted molar refractivity (Wildman–Crippen MR) is 114 cm³/mol. The van der Waals surface area contributed by atoms with Gasteiger partial charge >= 0.3 is 5.97 Å². The van der Waals surface area contributed by atoms with E-state index in [1.54, 1.807) is 6.20 Å². The van der Waals surface area contributed by atoms with Crippen LogP contribution in [0, 0.1) is 12.8 Å². The molecule has 1 aliphatic carbocycles. The van der Waals surface area contributed by atoms with E-state index < -0.39 is 0 Å². The maximum Gasteiger partial charge on any atom is 0.308 e. The zero-order valence-corrected chi connectivity index (χ0v) is 17.1. The number of fused-ring (bicyclic) bond motifs is 2. The summed E-state index contributed by atoms with van der Waals surface area (Å²) in [6.07, 6.45) is 6.94. The summed E-state index contributed by atoms with van der Waals surface area (Å²) >= 11 is 0. The van der Waals surface area contributed by atoms with E-state index in [9.17, 15) is 4.79 Å². The average molecular weight is 404 g/mol. The van der Waals surface area contributed by atoms with Gasteiger partial charge in [0, 0.05) is 23.7 Å². The summed E-state index contributed by atoms with van der Waals surface area (Å²) in [5.41, 5.74) is 9.68. The van der Waals surface area contributed by atoms with Crippen molar-refractivity contribution in [2.45, 2.75) is 38.5 Å². The Bertz CT molecular complexity index is 1250. The zero-order valence-electron chi connectivity index (χ0n) is 17.1. The van der Waals surface area contributed by atoms with Gasteiger partial charge in [-0.05, 0) is 44.2 Å². The number of ether oxygens (including phenoxy) is 1. The van der Waals surface area contributed by atoms with Gasteiger partial charge in [-0.2, -0.15) is 0 Å². The summed E-state index contributed by atoms with van der Waals surface area (Å²) in [7, 11) is 1.45. The number of nitrogen functional groups attached to an aromatic ring is 1. The molecule has 2 N–H and O–H groups in total. The fraction of sp³-hybridized carbons (Fsp3) is 0.348. The molecule has 0 atom stereocenters.